The van der Waals surface area contributed by atoms with Crippen molar-refractivity contribution < 1.29 is 9.84 Å². The lowest BCUT2D eigenvalue weighted by atomic mass is 10.00. The van der Waals surface area contributed by atoms with Crippen molar-refractivity contribution in [3.05, 3.63) is 0 Å². The normalized spacial score (nSPS) is 21.7. The van der Waals surface area contributed by atoms with Gasteiger partial charge in [-0.2, -0.15) is 0 Å². The van der Waals surface area contributed by atoms with Crippen molar-refractivity contribution in [3.8, 4) is 0 Å². The van der Waals surface area contributed by atoms with E-state index in [1.807, 2.05) is 0 Å². The molecule has 1 aliphatic rings. The van der Waals surface area contributed by atoms with Crippen molar-refractivity contribution in [2.24, 2.45) is 5.92 Å². The van der Waals surface area contributed by atoms with Crippen LogP contribution < -0.4 is 5.32 Å². The van der Waals surface area contributed by atoms with Gasteiger partial charge >= 0.3 is 0 Å². The highest BCUT2D eigenvalue weighted by Crippen LogP contribution is 2.13. The fourth-order valence-corrected chi connectivity index (χ4v) is 1.61. The number of hydrogen-bond donors (Lipinski definition) is 2. The summed E-state index contributed by atoms with van der Waals surface area (Å²) in [6, 6.07) is 0.438. The lowest BCUT2D eigenvalue weighted by Gasteiger charge is -2.24. The maximum Gasteiger partial charge on any atom is 0.0469 e. The van der Waals surface area contributed by atoms with Gasteiger partial charge in [-0.15, -0.1) is 0 Å². The zero-order chi connectivity index (χ0) is 9.52. The Morgan fingerprint density at radius 2 is 2.15 bits per heavy atom. The van der Waals surface area contributed by atoms with Crippen molar-refractivity contribution in [1.82, 2.24) is 5.32 Å². The minimum Gasteiger partial charge on any atom is -0.396 e. The predicted octanol–water partition coefficient (Wildman–Crippen LogP) is 0.773. The van der Waals surface area contributed by atoms with Crippen LogP contribution in [0, 0.1) is 5.92 Å². The molecule has 1 fully saturated rings. The first-order valence-corrected chi connectivity index (χ1v) is 5.25. The van der Waals surface area contributed by atoms with E-state index >= 15 is 0 Å². The van der Waals surface area contributed by atoms with Crippen LogP contribution in [0.1, 0.15) is 26.2 Å². The van der Waals surface area contributed by atoms with E-state index in [0.717, 1.165) is 32.1 Å². The molecule has 0 saturated carbocycles. The van der Waals surface area contributed by atoms with Gasteiger partial charge in [0.05, 0.1) is 0 Å². The second-order valence-electron chi connectivity index (χ2n) is 3.88. The minimum absolute atomic E-state index is 0.280. The Labute approximate surface area is 80.5 Å². The fraction of sp³-hybridized carbons (Fsp3) is 1.00. The zero-order valence-corrected chi connectivity index (χ0v) is 8.46. The van der Waals surface area contributed by atoms with Crippen LogP contribution >= 0.6 is 0 Å². The molecule has 1 saturated heterocycles. The quantitative estimate of drug-likeness (QED) is 0.668. The van der Waals surface area contributed by atoms with Gasteiger partial charge in [0.15, 0.2) is 0 Å². The summed E-state index contributed by atoms with van der Waals surface area (Å²) in [7, 11) is 0. The molecule has 0 bridgehead atoms. The van der Waals surface area contributed by atoms with Crippen molar-refractivity contribution >= 4 is 0 Å². The maximum atomic E-state index is 8.71. The van der Waals surface area contributed by atoms with Crippen molar-refractivity contribution in [1.29, 1.82) is 0 Å². The lowest BCUT2D eigenvalue weighted by Crippen LogP contribution is -2.34. The number of aliphatic hydroxyl groups is 1. The number of ether oxygens (including phenoxy) is 1. The Morgan fingerprint density at radius 1 is 1.46 bits per heavy atom. The smallest absolute Gasteiger partial charge is 0.0469 e. The third-order valence-electron chi connectivity index (χ3n) is 2.66. The molecule has 78 valence electrons. The first-order chi connectivity index (χ1) is 6.33. The second-order valence-corrected chi connectivity index (χ2v) is 3.88. The summed E-state index contributed by atoms with van der Waals surface area (Å²) in [5.41, 5.74) is 0. The van der Waals surface area contributed by atoms with Gasteiger partial charge in [-0.05, 0) is 38.6 Å². The summed E-state index contributed by atoms with van der Waals surface area (Å²) in [6.07, 6.45) is 3.21. The number of nitrogens with one attached hydrogen (secondary N) is 1. The molecule has 0 aliphatic carbocycles. The van der Waals surface area contributed by atoms with Crippen LogP contribution in [0.4, 0.5) is 0 Å². The summed E-state index contributed by atoms with van der Waals surface area (Å²) < 4.78 is 5.29. The monoisotopic (exact) mass is 187 g/mol. The molecule has 0 spiro atoms. The molecule has 0 aromatic rings. The molecule has 1 unspecified atom stereocenters. The van der Waals surface area contributed by atoms with Crippen LogP contribution in [-0.4, -0.2) is 37.5 Å². The van der Waals surface area contributed by atoms with Crippen LogP contribution in [0.25, 0.3) is 0 Å². The van der Waals surface area contributed by atoms with E-state index in [2.05, 4.69) is 12.2 Å². The van der Waals surface area contributed by atoms with Gasteiger partial charge in [0.1, 0.15) is 0 Å². The van der Waals surface area contributed by atoms with Crippen LogP contribution in [0.2, 0.25) is 0 Å². The molecule has 1 atom stereocenters. The van der Waals surface area contributed by atoms with Gasteiger partial charge in [-0.1, -0.05) is 0 Å². The van der Waals surface area contributed by atoms with Crippen molar-refractivity contribution in [3.63, 3.8) is 0 Å². The summed E-state index contributed by atoms with van der Waals surface area (Å²) in [5, 5.41) is 12.2. The third-order valence-corrected chi connectivity index (χ3v) is 2.66. The van der Waals surface area contributed by atoms with Crippen LogP contribution in [0.5, 0.6) is 0 Å². The molecule has 3 nitrogen and oxygen atoms in total. The molecular formula is C10H21NO2. The van der Waals surface area contributed by atoms with Gasteiger partial charge in [-0.25, -0.2) is 0 Å². The second kappa shape index (κ2) is 6.35. The molecular weight excluding hydrogens is 166 g/mol. The fourth-order valence-electron chi connectivity index (χ4n) is 1.61. The molecule has 0 amide bonds. The van der Waals surface area contributed by atoms with E-state index < -0.39 is 0 Å². The number of rotatable bonds is 5. The molecule has 2 N–H and O–H groups in total. The van der Waals surface area contributed by atoms with E-state index in [1.54, 1.807) is 0 Å². The topological polar surface area (TPSA) is 41.5 Å². The maximum absolute atomic E-state index is 8.71. The van der Waals surface area contributed by atoms with Gasteiger partial charge in [0.25, 0.3) is 0 Å². The number of aliphatic hydroxyl groups excluding tert-OH is 1. The molecule has 0 aromatic heterocycles. The Hall–Kier alpha value is -0.120. The first-order valence-electron chi connectivity index (χ1n) is 5.25. The van der Waals surface area contributed by atoms with E-state index in [0.29, 0.717) is 6.04 Å². The van der Waals surface area contributed by atoms with Gasteiger partial charge in [0.2, 0.25) is 0 Å². The third kappa shape index (κ3) is 4.60. The van der Waals surface area contributed by atoms with E-state index in [-0.39, 0.29) is 6.61 Å². The highest BCUT2D eigenvalue weighted by molar-refractivity contribution is 4.68. The highest BCUT2D eigenvalue weighted by atomic mass is 16.5. The largest absolute Gasteiger partial charge is 0.396 e. The van der Waals surface area contributed by atoms with E-state index in [1.165, 1.54) is 12.8 Å². The van der Waals surface area contributed by atoms with Gasteiger partial charge in [-0.3, -0.25) is 0 Å². The van der Waals surface area contributed by atoms with Crippen LogP contribution in [0.3, 0.4) is 0 Å². The molecule has 1 heterocycles. The first kappa shape index (κ1) is 11.0. The summed E-state index contributed by atoms with van der Waals surface area (Å²) in [5.74, 6) is 0.773. The van der Waals surface area contributed by atoms with Crippen LogP contribution in [-0.2, 0) is 4.74 Å². The highest BCUT2D eigenvalue weighted by Gasteiger charge is 2.13. The Kier molecular flexibility index (Phi) is 5.35. The van der Waals surface area contributed by atoms with E-state index in [9.17, 15) is 0 Å². The van der Waals surface area contributed by atoms with Gasteiger partial charge < -0.3 is 15.2 Å². The standard InChI is InChI=1S/C10H21NO2/c1-9(2-5-12)11-8-10-3-6-13-7-4-10/h9-12H,2-8H2,1H3. The number of hydrogen-bond acceptors (Lipinski definition) is 3. The zero-order valence-electron chi connectivity index (χ0n) is 8.46. The van der Waals surface area contributed by atoms with E-state index in [4.69, 9.17) is 9.84 Å². The molecule has 0 aromatic carbocycles. The Balaban J connectivity index is 2.03. The summed E-state index contributed by atoms with van der Waals surface area (Å²) in [4.78, 5) is 0. The van der Waals surface area contributed by atoms with Crippen molar-refractivity contribution in [2.75, 3.05) is 26.4 Å². The summed E-state index contributed by atoms with van der Waals surface area (Å²) in [6.45, 7) is 5.31. The lowest BCUT2D eigenvalue weighted by molar-refractivity contribution is 0.0653. The Morgan fingerprint density at radius 3 is 2.77 bits per heavy atom. The minimum atomic E-state index is 0.280. The molecule has 1 aliphatic heterocycles. The average molecular weight is 187 g/mol. The molecule has 3 heteroatoms. The summed E-state index contributed by atoms with van der Waals surface area (Å²) >= 11 is 0. The molecule has 0 radical (unpaired) electrons. The van der Waals surface area contributed by atoms with Crippen LogP contribution in [0.15, 0.2) is 0 Å². The van der Waals surface area contributed by atoms with Crippen molar-refractivity contribution in [2.45, 2.75) is 32.2 Å². The van der Waals surface area contributed by atoms with Gasteiger partial charge in [0, 0.05) is 25.9 Å². The predicted molar refractivity (Wildman–Crippen MR) is 52.7 cm³/mol. The average Bonchev–Trinajstić information content (AvgIpc) is 2.17. The molecule has 1 rings (SSSR count). The SMILES string of the molecule is CC(CCO)NCC1CCOCC1. The Bertz CT molecular complexity index is 124. The molecule has 13 heavy (non-hydrogen) atoms.